The Morgan fingerprint density at radius 3 is 2.77 bits per heavy atom. The van der Waals surface area contributed by atoms with Crippen LogP contribution in [0.25, 0.3) is 0 Å². The zero-order valence-corrected chi connectivity index (χ0v) is 13.7. The van der Waals surface area contributed by atoms with Crippen LogP contribution in [0, 0.1) is 6.92 Å². The maximum atomic E-state index is 5.46. The number of hydrogen-bond donors (Lipinski definition) is 0. The molecule has 3 rings (SSSR count). The summed E-state index contributed by atoms with van der Waals surface area (Å²) in [5.74, 6) is 2.40. The molecule has 22 heavy (non-hydrogen) atoms. The first-order valence-corrected chi connectivity index (χ1v) is 8.28. The first kappa shape index (κ1) is 15.0. The molecule has 8 heteroatoms. The molecule has 1 aliphatic rings. The van der Waals surface area contributed by atoms with E-state index in [0.717, 1.165) is 49.4 Å². The lowest BCUT2D eigenvalue weighted by molar-refractivity contribution is 0.326. The van der Waals surface area contributed by atoms with E-state index in [-0.39, 0.29) is 0 Å². The molecule has 0 saturated carbocycles. The van der Waals surface area contributed by atoms with E-state index in [9.17, 15) is 0 Å². The van der Waals surface area contributed by atoms with Gasteiger partial charge in [-0.25, -0.2) is 15.0 Å². The van der Waals surface area contributed by atoms with Gasteiger partial charge in [-0.1, -0.05) is 0 Å². The second-order valence-corrected chi connectivity index (χ2v) is 5.83. The summed E-state index contributed by atoms with van der Waals surface area (Å²) < 4.78 is 9.73. The fourth-order valence-electron chi connectivity index (χ4n) is 2.48. The molecule has 0 bridgehead atoms. The van der Waals surface area contributed by atoms with Gasteiger partial charge >= 0.3 is 0 Å². The molecule has 3 heterocycles. The van der Waals surface area contributed by atoms with E-state index in [1.54, 1.807) is 6.33 Å². The fraction of sp³-hybridized carbons (Fsp3) is 0.571. The minimum atomic E-state index is 0.612. The number of aryl methyl sites for hydroxylation is 1. The normalized spacial score (nSPS) is 15.7. The standard InChI is InChI=1S/C14H20N6OS/c1-3-21-13-9-12(15-10-16-13)19-5-4-6-20(8-7-19)14-17-11(2)18-22-14/h9-10H,3-8H2,1-2H3. The van der Waals surface area contributed by atoms with Gasteiger partial charge in [-0.05, 0) is 20.3 Å². The van der Waals surface area contributed by atoms with Crippen LogP contribution in [-0.4, -0.2) is 52.1 Å². The Labute approximate surface area is 134 Å². The average molecular weight is 320 g/mol. The Balaban J connectivity index is 1.68. The van der Waals surface area contributed by atoms with Gasteiger partial charge in [0, 0.05) is 43.8 Å². The molecular formula is C14H20N6OS. The van der Waals surface area contributed by atoms with E-state index in [2.05, 4.69) is 29.1 Å². The maximum Gasteiger partial charge on any atom is 0.218 e. The van der Waals surface area contributed by atoms with Crippen molar-refractivity contribution in [1.82, 2.24) is 19.3 Å². The van der Waals surface area contributed by atoms with Crippen molar-refractivity contribution in [1.29, 1.82) is 0 Å². The van der Waals surface area contributed by atoms with E-state index >= 15 is 0 Å². The Morgan fingerprint density at radius 2 is 2.00 bits per heavy atom. The number of anilines is 2. The van der Waals surface area contributed by atoms with Crippen LogP contribution in [0.1, 0.15) is 19.2 Å². The van der Waals surface area contributed by atoms with Gasteiger partial charge in [0.15, 0.2) is 0 Å². The third-order valence-electron chi connectivity index (χ3n) is 3.53. The monoisotopic (exact) mass is 320 g/mol. The van der Waals surface area contributed by atoms with Gasteiger partial charge in [0.2, 0.25) is 11.0 Å². The second-order valence-electron chi connectivity index (χ2n) is 5.10. The molecule has 2 aromatic rings. The molecule has 7 nitrogen and oxygen atoms in total. The predicted molar refractivity (Wildman–Crippen MR) is 86.9 cm³/mol. The van der Waals surface area contributed by atoms with Crippen molar-refractivity contribution in [3.63, 3.8) is 0 Å². The van der Waals surface area contributed by atoms with E-state index in [0.29, 0.717) is 12.5 Å². The Hall–Kier alpha value is -1.96. The van der Waals surface area contributed by atoms with E-state index < -0.39 is 0 Å². The maximum absolute atomic E-state index is 5.46. The number of nitrogens with zero attached hydrogens (tertiary/aromatic N) is 6. The zero-order valence-electron chi connectivity index (χ0n) is 12.9. The van der Waals surface area contributed by atoms with E-state index in [1.807, 2.05) is 19.9 Å². The minimum absolute atomic E-state index is 0.612. The Bertz CT molecular complexity index is 619. The average Bonchev–Trinajstić information content (AvgIpc) is 2.82. The quantitative estimate of drug-likeness (QED) is 0.850. The molecule has 1 aliphatic heterocycles. The molecule has 0 spiro atoms. The first-order valence-electron chi connectivity index (χ1n) is 7.51. The lowest BCUT2D eigenvalue weighted by atomic mass is 10.4. The van der Waals surface area contributed by atoms with Crippen LogP contribution < -0.4 is 14.5 Å². The molecule has 0 aliphatic carbocycles. The van der Waals surface area contributed by atoms with Gasteiger partial charge in [-0.2, -0.15) is 4.37 Å². The Kier molecular flexibility index (Phi) is 4.67. The highest BCUT2D eigenvalue weighted by Gasteiger charge is 2.19. The molecule has 1 saturated heterocycles. The molecule has 2 aromatic heterocycles. The summed E-state index contributed by atoms with van der Waals surface area (Å²) in [5, 5.41) is 1.01. The summed E-state index contributed by atoms with van der Waals surface area (Å²) in [5.41, 5.74) is 0. The van der Waals surface area contributed by atoms with E-state index in [1.165, 1.54) is 11.5 Å². The molecular weight excluding hydrogens is 300 g/mol. The molecule has 0 unspecified atom stereocenters. The highest BCUT2D eigenvalue weighted by atomic mass is 32.1. The van der Waals surface area contributed by atoms with Crippen LogP contribution in [-0.2, 0) is 0 Å². The first-order chi connectivity index (χ1) is 10.8. The lowest BCUT2D eigenvalue weighted by Crippen LogP contribution is -2.31. The third-order valence-corrected chi connectivity index (χ3v) is 4.40. The molecule has 0 radical (unpaired) electrons. The predicted octanol–water partition coefficient (Wildman–Crippen LogP) is 1.75. The van der Waals surface area contributed by atoms with Crippen molar-refractivity contribution in [3.8, 4) is 5.88 Å². The van der Waals surface area contributed by atoms with Crippen LogP contribution in [0.3, 0.4) is 0 Å². The van der Waals surface area contributed by atoms with E-state index in [4.69, 9.17) is 4.74 Å². The number of hydrogen-bond acceptors (Lipinski definition) is 8. The molecule has 0 aromatic carbocycles. The summed E-state index contributed by atoms with van der Waals surface area (Å²) in [6.07, 6.45) is 2.63. The highest BCUT2D eigenvalue weighted by Crippen LogP contribution is 2.21. The van der Waals surface area contributed by atoms with Crippen LogP contribution in [0.4, 0.5) is 10.9 Å². The Morgan fingerprint density at radius 1 is 1.18 bits per heavy atom. The highest BCUT2D eigenvalue weighted by molar-refractivity contribution is 7.09. The van der Waals surface area contributed by atoms with Crippen LogP contribution in [0.5, 0.6) is 5.88 Å². The summed E-state index contributed by atoms with van der Waals surface area (Å²) in [6, 6.07) is 1.91. The van der Waals surface area contributed by atoms with Crippen molar-refractivity contribution in [2.24, 2.45) is 0 Å². The van der Waals surface area contributed by atoms with Crippen LogP contribution in [0.15, 0.2) is 12.4 Å². The van der Waals surface area contributed by atoms with Crippen LogP contribution >= 0.6 is 11.5 Å². The second kappa shape index (κ2) is 6.87. The van der Waals surface area contributed by atoms with Crippen molar-refractivity contribution in [3.05, 3.63) is 18.2 Å². The number of aromatic nitrogens is 4. The lowest BCUT2D eigenvalue weighted by Gasteiger charge is -2.22. The summed E-state index contributed by atoms with van der Waals surface area (Å²) in [4.78, 5) is 17.6. The van der Waals surface area contributed by atoms with Gasteiger partial charge in [-0.15, -0.1) is 0 Å². The van der Waals surface area contributed by atoms with Gasteiger partial charge in [0.05, 0.1) is 6.61 Å². The van der Waals surface area contributed by atoms with Crippen molar-refractivity contribution in [2.75, 3.05) is 42.6 Å². The number of ether oxygens (including phenoxy) is 1. The largest absolute Gasteiger partial charge is 0.478 e. The van der Waals surface area contributed by atoms with Crippen LogP contribution in [0.2, 0.25) is 0 Å². The van der Waals surface area contributed by atoms with Gasteiger partial charge in [-0.3, -0.25) is 0 Å². The van der Waals surface area contributed by atoms with Crippen molar-refractivity contribution < 1.29 is 4.74 Å². The summed E-state index contributed by atoms with van der Waals surface area (Å²) in [7, 11) is 0. The summed E-state index contributed by atoms with van der Waals surface area (Å²) in [6.45, 7) is 8.28. The van der Waals surface area contributed by atoms with Gasteiger partial charge < -0.3 is 14.5 Å². The van der Waals surface area contributed by atoms with Gasteiger partial charge in [0.25, 0.3) is 0 Å². The summed E-state index contributed by atoms with van der Waals surface area (Å²) >= 11 is 1.47. The van der Waals surface area contributed by atoms with Crippen molar-refractivity contribution >= 4 is 22.5 Å². The minimum Gasteiger partial charge on any atom is -0.478 e. The zero-order chi connectivity index (χ0) is 15.4. The molecule has 0 N–H and O–H groups in total. The molecule has 0 atom stereocenters. The molecule has 1 fully saturated rings. The molecule has 118 valence electrons. The topological polar surface area (TPSA) is 67.3 Å². The SMILES string of the molecule is CCOc1cc(N2CCCN(c3nc(C)ns3)CC2)ncn1. The fourth-order valence-corrected chi connectivity index (χ4v) is 3.21. The third kappa shape index (κ3) is 3.44. The molecule has 0 amide bonds. The smallest absolute Gasteiger partial charge is 0.218 e. The number of rotatable bonds is 4. The van der Waals surface area contributed by atoms with Gasteiger partial charge in [0.1, 0.15) is 18.0 Å². The van der Waals surface area contributed by atoms with Crippen molar-refractivity contribution in [2.45, 2.75) is 20.3 Å².